The Morgan fingerprint density at radius 3 is 2.29 bits per heavy atom. The molecule has 1 amide bonds. The summed E-state index contributed by atoms with van der Waals surface area (Å²) in [5.74, 6) is 0.925. The number of ether oxygens (including phenoxy) is 1. The molecule has 1 saturated heterocycles. The Hall–Kier alpha value is -2.05. The Balaban J connectivity index is 1.52. The first-order valence-electron chi connectivity index (χ1n) is 7.51. The number of hydrogen-bond donors (Lipinski definition) is 0. The fraction of sp³-hybridized carbons (Fsp3) is 0.312. The minimum absolute atomic E-state index is 0.0920. The normalized spacial score (nSPS) is 14.6. The van der Waals surface area contributed by atoms with Crippen LogP contribution in [0.1, 0.15) is 0 Å². The minimum Gasteiger partial charge on any atom is -0.481 e. The van der Waals surface area contributed by atoms with Gasteiger partial charge in [0, 0.05) is 38.6 Å². The van der Waals surface area contributed by atoms with Crippen molar-refractivity contribution in [3.8, 4) is 5.75 Å². The van der Waals surface area contributed by atoms with E-state index in [0.717, 1.165) is 0 Å². The van der Waals surface area contributed by atoms with E-state index in [0.29, 0.717) is 47.9 Å². The van der Waals surface area contributed by atoms with E-state index in [9.17, 15) is 4.79 Å². The SMILES string of the molecule is O=C(COc1c(Cl)cccc1Cl)N1CCN(c2ncccn2)CC1. The number of para-hydroxylation sites is 1. The molecular formula is C16H16Cl2N4O2. The molecule has 1 aromatic carbocycles. The second kappa shape index (κ2) is 7.68. The number of carbonyl (C=O) groups is 1. The molecule has 126 valence electrons. The molecule has 0 radical (unpaired) electrons. The third-order valence-corrected chi connectivity index (χ3v) is 4.32. The van der Waals surface area contributed by atoms with Crippen LogP contribution in [0.3, 0.4) is 0 Å². The zero-order chi connectivity index (χ0) is 16.9. The second-order valence-electron chi connectivity index (χ2n) is 5.26. The van der Waals surface area contributed by atoms with Gasteiger partial charge in [0.1, 0.15) is 0 Å². The third-order valence-electron chi connectivity index (χ3n) is 3.73. The third kappa shape index (κ3) is 3.88. The van der Waals surface area contributed by atoms with Gasteiger partial charge < -0.3 is 14.5 Å². The van der Waals surface area contributed by atoms with E-state index in [2.05, 4.69) is 14.9 Å². The van der Waals surface area contributed by atoms with Crippen molar-refractivity contribution in [2.45, 2.75) is 0 Å². The standard InChI is InChI=1S/C16H16Cl2N4O2/c17-12-3-1-4-13(18)15(12)24-11-14(23)21-7-9-22(10-8-21)16-19-5-2-6-20-16/h1-6H,7-11H2. The fourth-order valence-electron chi connectivity index (χ4n) is 2.46. The Bertz CT molecular complexity index is 686. The fourth-order valence-corrected chi connectivity index (χ4v) is 2.96. The largest absolute Gasteiger partial charge is 0.481 e. The number of carbonyl (C=O) groups excluding carboxylic acids is 1. The Morgan fingerprint density at radius 2 is 1.67 bits per heavy atom. The number of nitrogens with zero attached hydrogens (tertiary/aromatic N) is 4. The summed E-state index contributed by atoms with van der Waals surface area (Å²) in [6, 6.07) is 6.85. The number of benzene rings is 1. The highest BCUT2D eigenvalue weighted by molar-refractivity contribution is 6.37. The molecule has 0 bridgehead atoms. The maximum atomic E-state index is 12.3. The van der Waals surface area contributed by atoms with Crippen LogP contribution in [0.25, 0.3) is 0 Å². The lowest BCUT2D eigenvalue weighted by molar-refractivity contribution is -0.133. The van der Waals surface area contributed by atoms with Gasteiger partial charge in [0.05, 0.1) is 10.0 Å². The van der Waals surface area contributed by atoms with Crippen LogP contribution in [0.5, 0.6) is 5.75 Å². The van der Waals surface area contributed by atoms with Crippen molar-refractivity contribution in [3.63, 3.8) is 0 Å². The highest BCUT2D eigenvalue weighted by atomic mass is 35.5. The van der Waals surface area contributed by atoms with Gasteiger partial charge in [0.25, 0.3) is 5.91 Å². The Morgan fingerprint density at radius 1 is 1.04 bits per heavy atom. The quantitative estimate of drug-likeness (QED) is 0.831. The van der Waals surface area contributed by atoms with Crippen molar-refractivity contribution in [2.75, 3.05) is 37.7 Å². The van der Waals surface area contributed by atoms with E-state index in [1.165, 1.54) is 0 Å². The maximum absolute atomic E-state index is 12.3. The summed E-state index contributed by atoms with van der Waals surface area (Å²) >= 11 is 12.1. The molecule has 0 unspecified atom stereocenters. The van der Waals surface area contributed by atoms with Gasteiger partial charge in [-0.3, -0.25) is 4.79 Å². The smallest absolute Gasteiger partial charge is 0.260 e. The van der Waals surface area contributed by atoms with Crippen LogP contribution in [0.2, 0.25) is 10.0 Å². The molecule has 3 rings (SSSR count). The number of rotatable bonds is 4. The van der Waals surface area contributed by atoms with E-state index in [1.807, 2.05) is 0 Å². The first kappa shape index (κ1) is 16.8. The van der Waals surface area contributed by atoms with Crippen LogP contribution in [0, 0.1) is 0 Å². The molecule has 6 nitrogen and oxygen atoms in total. The van der Waals surface area contributed by atoms with Gasteiger partial charge >= 0.3 is 0 Å². The van der Waals surface area contributed by atoms with Gasteiger partial charge in [-0.2, -0.15) is 0 Å². The predicted octanol–water partition coefficient (Wildman–Crippen LogP) is 2.51. The van der Waals surface area contributed by atoms with E-state index >= 15 is 0 Å². The van der Waals surface area contributed by atoms with Gasteiger partial charge in [-0.1, -0.05) is 29.3 Å². The maximum Gasteiger partial charge on any atom is 0.260 e. The van der Waals surface area contributed by atoms with Gasteiger partial charge in [0.2, 0.25) is 5.95 Å². The lowest BCUT2D eigenvalue weighted by atomic mass is 10.3. The molecule has 8 heteroatoms. The highest BCUT2D eigenvalue weighted by Crippen LogP contribution is 2.32. The molecule has 1 aliphatic heterocycles. The molecule has 0 spiro atoms. The van der Waals surface area contributed by atoms with E-state index in [-0.39, 0.29) is 12.5 Å². The number of anilines is 1. The number of aromatic nitrogens is 2. The van der Waals surface area contributed by atoms with Crippen molar-refractivity contribution >= 4 is 35.1 Å². The Labute approximate surface area is 150 Å². The first-order valence-corrected chi connectivity index (χ1v) is 8.27. The number of amides is 1. The molecule has 2 aromatic rings. The van der Waals surface area contributed by atoms with Gasteiger partial charge in [-0.05, 0) is 18.2 Å². The Kier molecular flexibility index (Phi) is 5.37. The van der Waals surface area contributed by atoms with Gasteiger partial charge in [-0.15, -0.1) is 0 Å². The van der Waals surface area contributed by atoms with Crippen molar-refractivity contribution in [3.05, 3.63) is 46.7 Å². The first-order chi connectivity index (χ1) is 11.6. The van der Waals surface area contributed by atoms with Crippen LogP contribution in [-0.4, -0.2) is 53.6 Å². The lowest BCUT2D eigenvalue weighted by Gasteiger charge is -2.34. The molecule has 0 aliphatic carbocycles. The van der Waals surface area contributed by atoms with Crippen LogP contribution in [0.15, 0.2) is 36.7 Å². The van der Waals surface area contributed by atoms with E-state index in [4.69, 9.17) is 27.9 Å². The van der Waals surface area contributed by atoms with Crippen molar-refractivity contribution in [1.82, 2.24) is 14.9 Å². The van der Waals surface area contributed by atoms with Gasteiger partial charge in [-0.25, -0.2) is 9.97 Å². The van der Waals surface area contributed by atoms with E-state index < -0.39 is 0 Å². The van der Waals surface area contributed by atoms with E-state index in [1.54, 1.807) is 41.6 Å². The summed E-state index contributed by atoms with van der Waals surface area (Å²) in [4.78, 5) is 24.6. The average Bonchev–Trinajstić information content (AvgIpc) is 2.62. The molecule has 2 heterocycles. The van der Waals surface area contributed by atoms with Crippen LogP contribution < -0.4 is 9.64 Å². The lowest BCUT2D eigenvalue weighted by Crippen LogP contribution is -2.50. The molecule has 1 aromatic heterocycles. The number of halogens is 2. The highest BCUT2D eigenvalue weighted by Gasteiger charge is 2.23. The summed E-state index contributed by atoms with van der Waals surface area (Å²) in [6.45, 7) is 2.46. The molecule has 0 N–H and O–H groups in total. The average molecular weight is 367 g/mol. The topological polar surface area (TPSA) is 58.6 Å². The molecule has 0 atom stereocenters. The van der Waals surface area contributed by atoms with Crippen LogP contribution in [0.4, 0.5) is 5.95 Å². The number of piperazine rings is 1. The molecular weight excluding hydrogens is 351 g/mol. The molecule has 1 fully saturated rings. The molecule has 1 aliphatic rings. The monoisotopic (exact) mass is 366 g/mol. The van der Waals surface area contributed by atoms with Crippen LogP contribution in [-0.2, 0) is 4.79 Å². The second-order valence-corrected chi connectivity index (χ2v) is 6.07. The summed E-state index contributed by atoms with van der Waals surface area (Å²) in [7, 11) is 0. The predicted molar refractivity (Wildman–Crippen MR) is 92.8 cm³/mol. The van der Waals surface area contributed by atoms with Crippen molar-refractivity contribution in [2.24, 2.45) is 0 Å². The minimum atomic E-state index is -0.0976. The molecule has 24 heavy (non-hydrogen) atoms. The van der Waals surface area contributed by atoms with Crippen molar-refractivity contribution < 1.29 is 9.53 Å². The summed E-state index contributed by atoms with van der Waals surface area (Å²) in [6.07, 6.45) is 3.42. The summed E-state index contributed by atoms with van der Waals surface area (Å²) in [5.41, 5.74) is 0. The van der Waals surface area contributed by atoms with Crippen LogP contribution >= 0.6 is 23.2 Å². The summed E-state index contributed by atoms with van der Waals surface area (Å²) in [5, 5.41) is 0.780. The zero-order valence-electron chi connectivity index (χ0n) is 12.9. The van der Waals surface area contributed by atoms with Gasteiger partial charge in [0.15, 0.2) is 12.4 Å². The summed E-state index contributed by atoms with van der Waals surface area (Å²) < 4.78 is 5.50. The zero-order valence-corrected chi connectivity index (χ0v) is 14.4. The number of hydrogen-bond acceptors (Lipinski definition) is 5. The molecule has 0 saturated carbocycles. The van der Waals surface area contributed by atoms with Crippen molar-refractivity contribution in [1.29, 1.82) is 0 Å².